The van der Waals surface area contributed by atoms with Crippen molar-refractivity contribution in [2.24, 2.45) is 0 Å². The van der Waals surface area contributed by atoms with Gasteiger partial charge in [-0.05, 0) is 48.9 Å². The fraction of sp³-hybridized carbons (Fsp3) is 0.167. The van der Waals surface area contributed by atoms with E-state index in [9.17, 15) is 9.90 Å². The maximum Gasteiger partial charge on any atom is 0.257 e. The topological polar surface area (TPSA) is 105 Å². The van der Waals surface area contributed by atoms with Crippen molar-refractivity contribution in [3.63, 3.8) is 0 Å². The maximum atomic E-state index is 12.8. The van der Waals surface area contributed by atoms with Crippen LogP contribution in [0.25, 0.3) is 5.69 Å². The van der Waals surface area contributed by atoms with Crippen LogP contribution in [0.2, 0.25) is 0 Å². The number of pyridine rings is 1. The van der Waals surface area contributed by atoms with E-state index >= 15 is 0 Å². The van der Waals surface area contributed by atoms with Crippen LogP contribution >= 0.6 is 0 Å². The first-order chi connectivity index (χ1) is 15.7. The molecule has 0 radical (unpaired) electrons. The summed E-state index contributed by atoms with van der Waals surface area (Å²) in [6.07, 6.45) is 6.72. The Morgan fingerprint density at radius 1 is 0.969 bits per heavy atom. The van der Waals surface area contributed by atoms with Gasteiger partial charge in [0, 0.05) is 30.2 Å². The number of aliphatic hydroxyl groups is 1. The van der Waals surface area contributed by atoms with E-state index in [0.29, 0.717) is 23.5 Å². The largest absolute Gasteiger partial charge is 0.387 e. The van der Waals surface area contributed by atoms with Gasteiger partial charge in [0.1, 0.15) is 0 Å². The molecule has 0 bridgehead atoms. The first kappa shape index (κ1) is 21.4. The lowest BCUT2D eigenvalue weighted by Gasteiger charge is -2.12. The van der Waals surface area contributed by atoms with Crippen LogP contribution in [0.15, 0.2) is 85.5 Å². The molecule has 3 N–H and O–H groups in total. The summed E-state index contributed by atoms with van der Waals surface area (Å²) in [5, 5.41) is 24.6. The number of aromatic nitrogens is 4. The highest BCUT2D eigenvalue weighted by Gasteiger charge is 2.13. The highest BCUT2D eigenvalue weighted by Crippen LogP contribution is 2.16. The lowest BCUT2D eigenvalue weighted by molar-refractivity contribution is 0.102. The zero-order chi connectivity index (χ0) is 22.2. The molecule has 0 unspecified atom stereocenters. The minimum Gasteiger partial charge on any atom is -0.387 e. The van der Waals surface area contributed by atoms with E-state index < -0.39 is 6.10 Å². The van der Waals surface area contributed by atoms with Gasteiger partial charge in [-0.15, -0.1) is 0 Å². The Kier molecular flexibility index (Phi) is 6.96. The third kappa shape index (κ3) is 5.42. The summed E-state index contributed by atoms with van der Waals surface area (Å²) in [6.45, 7) is 1.19. The number of carbonyl (C=O) groups is 1. The van der Waals surface area contributed by atoms with E-state index in [1.54, 1.807) is 36.9 Å². The molecular formula is C24H24N6O2. The molecule has 162 valence electrons. The van der Waals surface area contributed by atoms with E-state index in [2.05, 4.69) is 25.8 Å². The first-order valence-electron chi connectivity index (χ1n) is 10.4. The van der Waals surface area contributed by atoms with Crippen molar-refractivity contribution >= 4 is 11.6 Å². The predicted octanol–water partition coefficient (Wildman–Crippen LogP) is 2.78. The zero-order valence-electron chi connectivity index (χ0n) is 17.4. The van der Waals surface area contributed by atoms with Gasteiger partial charge in [0.15, 0.2) is 0 Å². The number of nitrogens with one attached hydrogen (secondary N) is 2. The average molecular weight is 428 g/mol. The molecular weight excluding hydrogens is 404 g/mol. The van der Waals surface area contributed by atoms with Gasteiger partial charge in [0.05, 0.1) is 29.7 Å². The van der Waals surface area contributed by atoms with E-state index in [4.69, 9.17) is 0 Å². The van der Waals surface area contributed by atoms with Crippen molar-refractivity contribution in [1.29, 1.82) is 0 Å². The van der Waals surface area contributed by atoms with Crippen molar-refractivity contribution in [3.8, 4) is 5.69 Å². The molecule has 4 rings (SSSR count). The lowest BCUT2D eigenvalue weighted by atomic mass is 10.1. The van der Waals surface area contributed by atoms with E-state index in [1.807, 2.05) is 48.5 Å². The molecule has 0 spiro atoms. The van der Waals surface area contributed by atoms with E-state index in [-0.39, 0.29) is 5.91 Å². The molecule has 8 heteroatoms. The smallest absolute Gasteiger partial charge is 0.257 e. The number of nitrogens with zero attached hydrogens (tertiary/aromatic N) is 4. The molecule has 0 saturated carbocycles. The van der Waals surface area contributed by atoms with Crippen LogP contribution in [-0.2, 0) is 6.42 Å². The number of hydrogen-bond acceptors (Lipinski definition) is 6. The second-order valence-electron chi connectivity index (χ2n) is 7.24. The molecule has 2 heterocycles. The van der Waals surface area contributed by atoms with Gasteiger partial charge in [-0.2, -0.15) is 15.0 Å². The second-order valence-corrected chi connectivity index (χ2v) is 7.24. The number of para-hydroxylation sites is 1. The summed E-state index contributed by atoms with van der Waals surface area (Å²) >= 11 is 0. The molecule has 1 amide bonds. The van der Waals surface area contributed by atoms with Crippen LogP contribution in [0.3, 0.4) is 0 Å². The molecule has 0 aliphatic rings. The van der Waals surface area contributed by atoms with Crippen LogP contribution in [-0.4, -0.2) is 44.1 Å². The van der Waals surface area contributed by atoms with Gasteiger partial charge < -0.3 is 15.7 Å². The summed E-state index contributed by atoms with van der Waals surface area (Å²) in [7, 11) is 0. The van der Waals surface area contributed by atoms with Gasteiger partial charge in [0.2, 0.25) is 0 Å². The molecule has 4 aromatic rings. The molecule has 0 aliphatic heterocycles. The van der Waals surface area contributed by atoms with Crippen molar-refractivity contribution in [3.05, 3.63) is 102 Å². The second kappa shape index (κ2) is 10.4. The fourth-order valence-corrected chi connectivity index (χ4v) is 3.30. The third-order valence-corrected chi connectivity index (χ3v) is 4.99. The zero-order valence-corrected chi connectivity index (χ0v) is 17.4. The van der Waals surface area contributed by atoms with Crippen LogP contribution < -0.4 is 10.6 Å². The SMILES string of the molecule is O=C(Nc1ccc(CCNC[C@H](O)c2cccnc2)cc1)c1ccccc1-n1nccn1. The molecule has 2 aromatic heterocycles. The predicted molar refractivity (Wildman–Crippen MR) is 122 cm³/mol. The molecule has 0 fully saturated rings. The Morgan fingerprint density at radius 2 is 1.75 bits per heavy atom. The lowest BCUT2D eigenvalue weighted by Crippen LogP contribution is -2.23. The van der Waals surface area contributed by atoms with Gasteiger partial charge in [0.25, 0.3) is 5.91 Å². The third-order valence-electron chi connectivity index (χ3n) is 4.99. The molecule has 32 heavy (non-hydrogen) atoms. The number of anilines is 1. The van der Waals surface area contributed by atoms with Crippen LogP contribution in [0.5, 0.6) is 0 Å². The number of aliphatic hydroxyl groups excluding tert-OH is 1. The summed E-state index contributed by atoms with van der Waals surface area (Å²) in [4.78, 5) is 18.2. The number of benzene rings is 2. The van der Waals surface area contributed by atoms with Crippen molar-refractivity contribution in [2.45, 2.75) is 12.5 Å². The van der Waals surface area contributed by atoms with Crippen molar-refractivity contribution < 1.29 is 9.90 Å². The van der Waals surface area contributed by atoms with Gasteiger partial charge in [-0.3, -0.25) is 9.78 Å². The van der Waals surface area contributed by atoms with Crippen LogP contribution in [0.4, 0.5) is 5.69 Å². The number of carbonyl (C=O) groups excluding carboxylic acids is 1. The fourth-order valence-electron chi connectivity index (χ4n) is 3.30. The number of rotatable bonds is 9. The minimum atomic E-state index is -0.582. The normalized spacial score (nSPS) is 11.8. The summed E-state index contributed by atoms with van der Waals surface area (Å²) < 4.78 is 0. The Balaban J connectivity index is 1.29. The summed E-state index contributed by atoms with van der Waals surface area (Å²) in [5.41, 5.74) is 3.75. The molecule has 2 aromatic carbocycles. The van der Waals surface area contributed by atoms with E-state index in [0.717, 1.165) is 24.1 Å². The van der Waals surface area contributed by atoms with E-state index in [1.165, 1.54) is 4.80 Å². The summed E-state index contributed by atoms with van der Waals surface area (Å²) in [5.74, 6) is -0.225. The number of amides is 1. The molecule has 1 atom stereocenters. The Bertz CT molecular complexity index is 1130. The van der Waals surface area contributed by atoms with Gasteiger partial charge in [-0.25, -0.2) is 0 Å². The standard InChI is InChI=1S/C24H24N6O2/c31-23(19-4-3-12-25-16-19)17-26-13-11-18-7-9-20(10-8-18)29-24(32)21-5-1-2-6-22(21)30-27-14-15-28-30/h1-10,12,14-16,23,26,31H,11,13,17H2,(H,29,32)/t23-/m0/s1. The molecule has 0 saturated heterocycles. The quantitative estimate of drug-likeness (QED) is 0.354. The Labute approximate surface area is 185 Å². The maximum absolute atomic E-state index is 12.8. The molecule has 8 nitrogen and oxygen atoms in total. The highest BCUT2D eigenvalue weighted by molar-refractivity contribution is 6.06. The van der Waals surface area contributed by atoms with Crippen LogP contribution in [0, 0.1) is 0 Å². The van der Waals surface area contributed by atoms with Crippen LogP contribution in [0.1, 0.15) is 27.6 Å². The Hall–Kier alpha value is -3.88. The van der Waals surface area contributed by atoms with Gasteiger partial charge in [-0.1, -0.05) is 30.3 Å². The average Bonchev–Trinajstić information content (AvgIpc) is 3.38. The number of hydrogen-bond donors (Lipinski definition) is 3. The molecule has 0 aliphatic carbocycles. The monoisotopic (exact) mass is 428 g/mol. The minimum absolute atomic E-state index is 0.225. The van der Waals surface area contributed by atoms with Crippen molar-refractivity contribution in [1.82, 2.24) is 25.3 Å². The van der Waals surface area contributed by atoms with Gasteiger partial charge >= 0.3 is 0 Å². The first-order valence-corrected chi connectivity index (χ1v) is 10.4. The van der Waals surface area contributed by atoms with Crippen molar-refractivity contribution in [2.75, 3.05) is 18.4 Å². The summed E-state index contributed by atoms with van der Waals surface area (Å²) in [6, 6.07) is 18.6. The highest BCUT2D eigenvalue weighted by atomic mass is 16.3. The Morgan fingerprint density at radius 3 is 2.50 bits per heavy atom.